The van der Waals surface area contributed by atoms with E-state index in [9.17, 15) is 19.2 Å². The minimum atomic E-state index is -2.30. The molecule has 112 valence electrons. The summed E-state index contributed by atoms with van der Waals surface area (Å²) in [4.78, 5) is 49.9. The van der Waals surface area contributed by atoms with Gasteiger partial charge in [-0.1, -0.05) is 19.7 Å². The van der Waals surface area contributed by atoms with Crippen LogP contribution in [0.2, 0.25) is 0 Å². The fraction of sp³-hybridized carbons (Fsp3) is 0.333. The van der Waals surface area contributed by atoms with Crippen LogP contribution in [0.4, 0.5) is 0 Å². The number of aliphatic imine (C=N–C) groups is 1. The molecule has 0 spiro atoms. The monoisotopic (exact) mass is 291 g/mol. The van der Waals surface area contributed by atoms with Crippen LogP contribution in [0.5, 0.6) is 0 Å². The van der Waals surface area contributed by atoms with E-state index in [0.717, 1.165) is 0 Å². The highest BCUT2D eigenvalue weighted by molar-refractivity contribution is 6.23. The summed E-state index contributed by atoms with van der Waals surface area (Å²) < 4.78 is 5.02. The van der Waals surface area contributed by atoms with Crippen molar-refractivity contribution in [2.24, 2.45) is 4.99 Å². The lowest BCUT2D eigenvalue weighted by molar-refractivity contribution is -0.166. The maximum absolute atomic E-state index is 12.3. The Bertz CT molecular complexity index is 553. The zero-order chi connectivity index (χ0) is 16.8. The van der Waals surface area contributed by atoms with Crippen LogP contribution in [0.1, 0.15) is 20.8 Å². The summed E-state index contributed by atoms with van der Waals surface area (Å²) in [5, 5.41) is 0. The fourth-order valence-electron chi connectivity index (χ4n) is 1.45. The number of hydrogen-bond acceptors (Lipinski definition) is 6. The van der Waals surface area contributed by atoms with Crippen molar-refractivity contribution in [1.82, 2.24) is 0 Å². The SMILES string of the molecule is C=C(C)C(=O)OC(CN=C=O)(C(=O)C(=C)C)C(=O)C(=C)C. The quantitative estimate of drug-likeness (QED) is 0.222. The molecule has 0 amide bonds. The molecule has 0 N–H and O–H groups in total. The molecule has 0 rings (SSSR count). The van der Waals surface area contributed by atoms with Gasteiger partial charge < -0.3 is 4.74 Å². The minimum Gasteiger partial charge on any atom is -0.437 e. The molecule has 0 heterocycles. The van der Waals surface area contributed by atoms with Crippen molar-refractivity contribution in [1.29, 1.82) is 0 Å². The lowest BCUT2D eigenvalue weighted by atomic mass is 9.86. The second-order valence-electron chi connectivity index (χ2n) is 4.62. The Hall–Kier alpha value is -2.59. The number of carbonyl (C=O) groups is 3. The Morgan fingerprint density at radius 2 is 1.43 bits per heavy atom. The van der Waals surface area contributed by atoms with E-state index in [0.29, 0.717) is 0 Å². The zero-order valence-electron chi connectivity index (χ0n) is 12.3. The largest absolute Gasteiger partial charge is 0.437 e. The van der Waals surface area contributed by atoms with E-state index in [1.807, 2.05) is 0 Å². The number of isocyanates is 1. The molecule has 0 saturated carbocycles. The van der Waals surface area contributed by atoms with Gasteiger partial charge in [-0.3, -0.25) is 9.59 Å². The third kappa shape index (κ3) is 4.19. The van der Waals surface area contributed by atoms with Crippen molar-refractivity contribution >= 4 is 23.6 Å². The Balaban J connectivity index is 6.13. The average molecular weight is 291 g/mol. The highest BCUT2D eigenvalue weighted by atomic mass is 16.6. The first-order chi connectivity index (χ1) is 9.60. The van der Waals surface area contributed by atoms with Crippen molar-refractivity contribution in [3.05, 3.63) is 36.5 Å². The van der Waals surface area contributed by atoms with Crippen LogP contribution in [0.3, 0.4) is 0 Å². The molecule has 0 aliphatic carbocycles. The summed E-state index contributed by atoms with van der Waals surface area (Å²) in [7, 11) is 0. The highest BCUT2D eigenvalue weighted by Crippen LogP contribution is 2.23. The number of carbonyl (C=O) groups excluding carboxylic acids is 4. The second kappa shape index (κ2) is 7.26. The van der Waals surface area contributed by atoms with E-state index < -0.39 is 29.7 Å². The van der Waals surface area contributed by atoms with Crippen LogP contribution < -0.4 is 0 Å². The van der Waals surface area contributed by atoms with Crippen LogP contribution in [0.15, 0.2) is 41.4 Å². The molecule has 0 radical (unpaired) electrons. The number of ketones is 2. The van der Waals surface area contributed by atoms with E-state index >= 15 is 0 Å². The van der Waals surface area contributed by atoms with E-state index in [-0.39, 0.29) is 16.7 Å². The van der Waals surface area contributed by atoms with Crippen molar-refractivity contribution in [2.75, 3.05) is 6.54 Å². The van der Waals surface area contributed by atoms with Crippen LogP contribution in [-0.4, -0.2) is 35.8 Å². The molecule has 0 bridgehead atoms. The number of rotatable bonds is 8. The van der Waals surface area contributed by atoms with Gasteiger partial charge in [-0.15, -0.1) is 0 Å². The molecule has 6 heteroatoms. The lowest BCUT2D eigenvalue weighted by Crippen LogP contribution is -2.53. The minimum absolute atomic E-state index is 0.0153. The number of esters is 1. The molecule has 0 aliphatic heterocycles. The van der Waals surface area contributed by atoms with Gasteiger partial charge in [0, 0.05) is 5.57 Å². The van der Waals surface area contributed by atoms with Crippen LogP contribution >= 0.6 is 0 Å². The van der Waals surface area contributed by atoms with E-state index in [4.69, 9.17) is 4.74 Å². The van der Waals surface area contributed by atoms with Crippen molar-refractivity contribution in [3.8, 4) is 0 Å². The van der Waals surface area contributed by atoms with Crippen molar-refractivity contribution < 1.29 is 23.9 Å². The third-order valence-electron chi connectivity index (χ3n) is 2.49. The summed E-state index contributed by atoms with van der Waals surface area (Å²) in [5.41, 5.74) is -2.37. The molecule has 0 aromatic carbocycles. The summed E-state index contributed by atoms with van der Waals surface area (Å²) in [5.74, 6) is -2.67. The van der Waals surface area contributed by atoms with Crippen LogP contribution in [0.25, 0.3) is 0 Å². The number of nitrogens with zero attached hydrogens (tertiary/aromatic N) is 1. The predicted octanol–water partition coefficient (Wildman–Crippen LogP) is 1.47. The first kappa shape index (κ1) is 18.4. The first-order valence-corrected chi connectivity index (χ1v) is 5.93. The normalized spacial score (nSPS) is 10.0. The lowest BCUT2D eigenvalue weighted by Gasteiger charge is -2.29. The van der Waals surface area contributed by atoms with Gasteiger partial charge in [-0.2, -0.15) is 0 Å². The van der Waals surface area contributed by atoms with Gasteiger partial charge in [0.15, 0.2) is 0 Å². The molecule has 6 nitrogen and oxygen atoms in total. The predicted molar refractivity (Wildman–Crippen MR) is 76.3 cm³/mol. The molecule has 21 heavy (non-hydrogen) atoms. The van der Waals surface area contributed by atoms with Crippen molar-refractivity contribution in [2.45, 2.75) is 26.4 Å². The Morgan fingerprint density at radius 3 is 1.71 bits per heavy atom. The van der Waals surface area contributed by atoms with Gasteiger partial charge in [-0.25, -0.2) is 14.6 Å². The smallest absolute Gasteiger partial charge is 0.334 e. The summed E-state index contributed by atoms with van der Waals surface area (Å²) in [6, 6.07) is 0. The zero-order valence-corrected chi connectivity index (χ0v) is 12.3. The Kier molecular flexibility index (Phi) is 6.37. The Labute approximate surface area is 122 Å². The average Bonchev–Trinajstić information content (AvgIpc) is 2.41. The van der Waals surface area contributed by atoms with Crippen LogP contribution in [0, 0.1) is 0 Å². The molecular formula is C15H17NO5. The van der Waals surface area contributed by atoms with E-state index in [1.165, 1.54) is 26.9 Å². The third-order valence-corrected chi connectivity index (χ3v) is 2.49. The van der Waals surface area contributed by atoms with Gasteiger partial charge in [0.05, 0.1) is 0 Å². The highest BCUT2D eigenvalue weighted by Gasteiger charge is 2.49. The number of ether oxygens (including phenoxy) is 1. The maximum Gasteiger partial charge on any atom is 0.334 e. The molecule has 0 fully saturated rings. The maximum atomic E-state index is 12.3. The molecule has 0 saturated heterocycles. The molecule has 0 aromatic heterocycles. The van der Waals surface area contributed by atoms with Gasteiger partial charge in [0.2, 0.25) is 17.6 Å². The van der Waals surface area contributed by atoms with E-state index in [2.05, 4.69) is 24.7 Å². The number of Topliss-reactive ketones (excluding diaryl/α,β-unsaturated/α-hetero) is 2. The van der Waals surface area contributed by atoms with Gasteiger partial charge >= 0.3 is 5.97 Å². The van der Waals surface area contributed by atoms with E-state index in [1.54, 1.807) is 0 Å². The fourth-order valence-corrected chi connectivity index (χ4v) is 1.45. The molecular weight excluding hydrogens is 274 g/mol. The Morgan fingerprint density at radius 1 is 1.00 bits per heavy atom. The van der Waals surface area contributed by atoms with Crippen molar-refractivity contribution in [3.63, 3.8) is 0 Å². The molecule has 0 atom stereocenters. The molecule has 0 aliphatic rings. The first-order valence-electron chi connectivity index (χ1n) is 5.93. The summed E-state index contributed by atoms with van der Waals surface area (Å²) >= 11 is 0. The topological polar surface area (TPSA) is 89.9 Å². The van der Waals surface area contributed by atoms with Gasteiger partial charge in [0.1, 0.15) is 6.54 Å². The number of hydrogen-bond donors (Lipinski definition) is 0. The molecule has 0 aromatic rings. The second-order valence-corrected chi connectivity index (χ2v) is 4.62. The summed E-state index contributed by atoms with van der Waals surface area (Å²) in [6.45, 7) is 13.6. The standard InChI is InChI=1S/C15H17NO5/c1-9(2)12(18)15(7-16-8-17,13(19)10(3)4)21-14(20)11(5)6/h1,3,5,7H2,2,4,6H3. The van der Waals surface area contributed by atoms with Crippen LogP contribution in [-0.2, 0) is 23.9 Å². The summed E-state index contributed by atoms with van der Waals surface area (Å²) in [6.07, 6.45) is 1.21. The van der Waals surface area contributed by atoms with Gasteiger partial charge in [0.25, 0.3) is 5.60 Å². The molecule has 0 unspecified atom stereocenters. The van der Waals surface area contributed by atoms with Gasteiger partial charge in [-0.05, 0) is 31.9 Å².